The normalized spacial score (nSPS) is 18.0. The zero-order valence-corrected chi connectivity index (χ0v) is 17.9. The predicted molar refractivity (Wildman–Crippen MR) is 108 cm³/mol. The lowest BCUT2D eigenvalue weighted by atomic mass is 10.1. The second-order valence-corrected chi connectivity index (χ2v) is 8.55. The molecule has 1 saturated heterocycles. The molecule has 2 heterocycles. The highest BCUT2D eigenvalue weighted by Crippen LogP contribution is 2.17. The molecule has 2 atom stereocenters. The summed E-state index contributed by atoms with van der Waals surface area (Å²) in [5, 5.41) is 2.97. The Balaban J connectivity index is 2.11. The van der Waals surface area contributed by atoms with E-state index in [9.17, 15) is 9.59 Å². The highest BCUT2D eigenvalue weighted by atomic mass is 16.5. The van der Waals surface area contributed by atoms with Crippen molar-refractivity contribution in [2.24, 2.45) is 0 Å². The molecule has 0 aliphatic carbocycles. The summed E-state index contributed by atoms with van der Waals surface area (Å²) in [4.78, 5) is 29.3. The summed E-state index contributed by atoms with van der Waals surface area (Å²) >= 11 is 0. The maximum absolute atomic E-state index is 13.2. The molecule has 28 heavy (non-hydrogen) atoms. The molecule has 158 valence electrons. The van der Waals surface area contributed by atoms with E-state index in [-0.39, 0.29) is 36.2 Å². The average Bonchev–Trinajstić information content (AvgIpc) is 3.30. The Labute approximate surface area is 168 Å². The van der Waals surface area contributed by atoms with Gasteiger partial charge in [-0.1, -0.05) is 6.92 Å². The van der Waals surface area contributed by atoms with Crippen LogP contribution in [0.4, 0.5) is 4.79 Å². The highest BCUT2D eigenvalue weighted by Gasteiger charge is 2.29. The molecule has 0 unspecified atom stereocenters. The van der Waals surface area contributed by atoms with E-state index < -0.39 is 0 Å². The zero-order valence-electron chi connectivity index (χ0n) is 17.9. The molecule has 0 radical (unpaired) electrons. The number of amides is 3. The number of furan rings is 1. The topological polar surface area (TPSA) is 75.0 Å². The molecule has 7 heteroatoms. The second-order valence-electron chi connectivity index (χ2n) is 8.55. The Kier molecular flexibility index (Phi) is 7.92. The van der Waals surface area contributed by atoms with E-state index >= 15 is 0 Å². The molecule has 0 spiro atoms. The van der Waals surface area contributed by atoms with Gasteiger partial charge >= 0.3 is 6.03 Å². The summed E-state index contributed by atoms with van der Waals surface area (Å²) in [5.41, 5.74) is -0.364. The minimum atomic E-state index is -0.364. The minimum absolute atomic E-state index is 0.0321. The van der Waals surface area contributed by atoms with Gasteiger partial charge in [-0.25, -0.2) is 4.79 Å². The number of urea groups is 1. The fourth-order valence-electron chi connectivity index (χ4n) is 3.17. The first-order valence-electron chi connectivity index (χ1n) is 10.2. The van der Waals surface area contributed by atoms with Crippen LogP contribution in [-0.2, 0) is 16.1 Å². The fourth-order valence-corrected chi connectivity index (χ4v) is 3.17. The van der Waals surface area contributed by atoms with Crippen molar-refractivity contribution in [1.29, 1.82) is 0 Å². The van der Waals surface area contributed by atoms with E-state index in [1.54, 1.807) is 16.1 Å². The summed E-state index contributed by atoms with van der Waals surface area (Å²) in [6, 6.07) is 3.41. The van der Waals surface area contributed by atoms with Gasteiger partial charge in [0, 0.05) is 24.7 Å². The number of hydrogen-bond donors (Lipinski definition) is 1. The number of carbonyl (C=O) groups excluding carboxylic acids is 2. The van der Waals surface area contributed by atoms with Gasteiger partial charge in [0.1, 0.15) is 12.3 Å². The Morgan fingerprint density at radius 2 is 2.11 bits per heavy atom. The third kappa shape index (κ3) is 6.86. The number of ether oxygens (including phenoxy) is 1. The van der Waals surface area contributed by atoms with Crippen LogP contribution in [0.2, 0.25) is 0 Å². The first-order chi connectivity index (χ1) is 13.2. The third-order valence-corrected chi connectivity index (χ3v) is 4.90. The van der Waals surface area contributed by atoms with Crippen molar-refractivity contribution < 1.29 is 18.7 Å². The summed E-state index contributed by atoms with van der Waals surface area (Å²) in [6.45, 7) is 11.4. The maximum atomic E-state index is 13.2. The van der Waals surface area contributed by atoms with Crippen molar-refractivity contribution in [1.82, 2.24) is 15.1 Å². The van der Waals surface area contributed by atoms with E-state index in [4.69, 9.17) is 9.15 Å². The lowest BCUT2D eigenvalue weighted by molar-refractivity contribution is -0.134. The van der Waals surface area contributed by atoms with Crippen molar-refractivity contribution >= 4 is 11.9 Å². The van der Waals surface area contributed by atoms with Gasteiger partial charge in [0.05, 0.1) is 18.9 Å². The van der Waals surface area contributed by atoms with Gasteiger partial charge in [-0.2, -0.15) is 0 Å². The number of rotatable bonds is 8. The number of carbonyl (C=O) groups is 2. The van der Waals surface area contributed by atoms with Crippen LogP contribution in [0.5, 0.6) is 0 Å². The van der Waals surface area contributed by atoms with Crippen LogP contribution in [0, 0.1) is 0 Å². The number of nitrogens with one attached hydrogen (secondary N) is 1. The molecule has 7 nitrogen and oxygen atoms in total. The van der Waals surface area contributed by atoms with Crippen molar-refractivity contribution in [3.05, 3.63) is 24.2 Å². The lowest BCUT2D eigenvalue weighted by Gasteiger charge is -2.34. The molecule has 3 amide bonds. The molecule has 1 fully saturated rings. The quantitative estimate of drug-likeness (QED) is 0.735. The molecule has 1 aromatic heterocycles. The molecule has 1 aromatic rings. The van der Waals surface area contributed by atoms with Crippen LogP contribution in [0.25, 0.3) is 0 Å². The zero-order chi connectivity index (χ0) is 20.7. The van der Waals surface area contributed by atoms with Gasteiger partial charge in [-0.3, -0.25) is 4.79 Å². The smallest absolute Gasteiger partial charge is 0.318 e. The second kappa shape index (κ2) is 9.96. The number of hydrogen-bond acceptors (Lipinski definition) is 4. The molecule has 2 rings (SSSR count). The van der Waals surface area contributed by atoms with Gasteiger partial charge in [0.2, 0.25) is 5.91 Å². The van der Waals surface area contributed by atoms with E-state index in [1.165, 1.54) is 0 Å². The van der Waals surface area contributed by atoms with Crippen LogP contribution >= 0.6 is 0 Å². The molecule has 0 saturated carbocycles. The van der Waals surface area contributed by atoms with Gasteiger partial charge in [0.25, 0.3) is 0 Å². The third-order valence-electron chi connectivity index (χ3n) is 4.90. The van der Waals surface area contributed by atoms with Crippen LogP contribution < -0.4 is 5.32 Å². The van der Waals surface area contributed by atoms with Crippen LogP contribution in [0.1, 0.15) is 59.6 Å². The Hall–Kier alpha value is -2.02. The Morgan fingerprint density at radius 1 is 1.36 bits per heavy atom. The van der Waals surface area contributed by atoms with Crippen LogP contribution in [0.3, 0.4) is 0 Å². The average molecular weight is 394 g/mol. The Morgan fingerprint density at radius 3 is 2.64 bits per heavy atom. The predicted octanol–water partition coefficient (Wildman–Crippen LogP) is 3.40. The van der Waals surface area contributed by atoms with Crippen LogP contribution in [0.15, 0.2) is 22.8 Å². The monoisotopic (exact) mass is 393 g/mol. The largest absolute Gasteiger partial charge is 0.467 e. The van der Waals surface area contributed by atoms with Crippen molar-refractivity contribution in [3.8, 4) is 0 Å². The highest BCUT2D eigenvalue weighted by molar-refractivity contribution is 5.84. The van der Waals surface area contributed by atoms with Crippen molar-refractivity contribution in [2.75, 3.05) is 19.7 Å². The molecular formula is C21H35N3O4. The summed E-state index contributed by atoms with van der Waals surface area (Å²) < 4.78 is 11.2. The molecule has 1 aliphatic heterocycles. The maximum Gasteiger partial charge on any atom is 0.318 e. The van der Waals surface area contributed by atoms with Crippen molar-refractivity contribution in [2.45, 2.75) is 78.1 Å². The van der Waals surface area contributed by atoms with Crippen LogP contribution in [-0.4, -0.2) is 59.1 Å². The first kappa shape index (κ1) is 22.3. The van der Waals surface area contributed by atoms with Gasteiger partial charge in [-0.15, -0.1) is 0 Å². The molecule has 1 aliphatic rings. The minimum Gasteiger partial charge on any atom is -0.467 e. The standard InChI is InChI=1S/C21H35N3O4/c1-6-16(2)24(20(26)22-21(3,4)5)15-19(25)23(13-17-9-7-11-27-17)14-18-10-8-12-28-18/h7,9,11,16,18H,6,8,10,12-15H2,1-5H3,(H,22,26)/t16-,18-/m1/s1. The molecule has 1 N–H and O–H groups in total. The van der Waals surface area contributed by atoms with Gasteiger partial charge < -0.3 is 24.3 Å². The van der Waals surface area contributed by atoms with E-state index in [0.717, 1.165) is 31.6 Å². The summed E-state index contributed by atoms with van der Waals surface area (Å²) in [5.74, 6) is 0.622. The van der Waals surface area contributed by atoms with E-state index in [1.807, 2.05) is 46.8 Å². The Bertz CT molecular complexity index is 618. The lowest BCUT2D eigenvalue weighted by Crippen LogP contribution is -2.54. The first-order valence-corrected chi connectivity index (χ1v) is 10.2. The molecular weight excluding hydrogens is 358 g/mol. The van der Waals surface area contributed by atoms with E-state index in [2.05, 4.69) is 5.32 Å². The molecule has 0 bridgehead atoms. The summed E-state index contributed by atoms with van der Waals surface area (Å²) in [7, 11) is 0. The number of nitrogens with zero attached hydrogens (tertiary/aromatic N) is 2. The SMILES string of the molecule is CC[C@@H](C)N(CC(=O)N(Cc1ccco1)C[C@H]1CCCO1)C(=O)NC(C)(C)C. The van der Waals surface area contributed by atoms with Gasteiger partial charge in [-0.05, 0) is 59.1 Å². The van der Waals surface area contributed by atoms with Gasteiger partial charge in [0.15, 0.2) is 0 Å². The van der Waals surface area contributed by atoms with E-state index in [0.29, 0.717) is 13.1 Å². The fraction of sp³-hybridized carbons (Fsp3) is 0.714. The summed E-state index contributed by atoms with van der Waals surface area (Å²) in [6.07, 6.45) is 4.38. The molecule has 0 aromatic carbocycles. The van der Waals surface area contributed by atoms with Crippen molar-refractivity contribution in [3.63, 3.8) is 0 Å².